The van der Waals surface area contributed by atoms with E-state index in [1.165, 1.54) is 6.08 Å². The van der Waals surface area contributed by atoms with E-state index in [4.69, 9.17) is 5.11 Å². The number of pyridine rings is 1. The van der Waals surface area contributed by atoms with Gasteiger partial charge in [-0.2, -0.15) is 0 Å². The summed E-state index contributed by atoms with van der Waals surface area (Å²) < 4.78 is 0.780. The number of nitrogens with zero attached hydrogens (tertiary/aromatic N) is 1. The normalized spacial score (nSPS) is 10.4. The van der Waals surface area contributed by atoms with Gasteiger partial charge in [-0.1, -0.05) is 0 Å². The highest BCUT2D eigenvalue weighted by atomic mass is 79.9. The van der Waals surface area contributed by atoms with Crippen LogP contribution in [0, 0.1) is 0 Å². The largest absolute Gasteiger partial charge is 0.478 e. The Morgan fingerprint density at radius 1 is 1.67 bits per heavy atom. The number of rotatable bonds is 2. The Hall–Kier alpha value is -1.16. The zero-order valence-electron chi connectivity index (χ0n) is 6.07. The van der Waals surface area contributed by atoms with E-state index in [1.54, 1.807) is 18.5 Å². The average molecular weight is 228 g/mol. The van der Waals surface area contributed by atoms with Gasteiger partial charge >= 0.3 is 5.97 Å². The molecule has 0 aliphatic rings. The lowest BCUT2D eigenvalue weighted by Crippen LogP contribution is -1.86. The van der Waals surface area contributed by atoms with Gasteiger partial charge in [-0.3, -0.25) is 4.98 Å². The first-order valence-corrected chi connectivity index (χ1v) is 4.00. The lowest BCUT2D eigenvalue weighted by Gasteiger charge is -1.94. The van der Waals surface area contributed by atoms with E-state index in [-0.39, 0.29) is 0 Å². The second-order valence-electron chi connectivity index (χ2n) is 2.07. The van der Waals surface area contributed by atoms with Crippen molar-refractivity contribution >= 4 is 28.0 Å². The molecule has 4 heteroatoms. The fourth-order valence-electron chi connectivity index (χ4n) is 0.682. The summed E-state index contributed by atoms with van der Waals surface area (Å²) in [5.41, 5.74) is 0.799. The molecule has 0 saturated heterocycles. The average Bonchev–Trinajstić information content (AvgIpc) is 2.03. The molecule has 0 fully saturated rings. The Labute approximate surface area is 77.9 Å². The minimum absolute atomic E-state index is 0.780. The molecule has 0 aromatic carbocycles. The van der Waals surface area contributed by atoms with Gasteiger partial charge in [0, 0.05) is 22.9 Å². The third-order valence-corrected chi connectivity index (χ3v) is 1.87. The molecule has 1 heterocycles. The molecule has 12 heavy (non-hydrogen) atoms. The zero-order valence-corrected chi connectivity index (χ0v) is 7.65. The summed E-state index contributed by atoms with van der Waals surface area (Å²) in [7, 11) is 0. The molecule has 3 nitrogen and oxygen atoms in total. The number of hydrogen-bond donors (Lipinski definition) is 1. The Morgan fingerprint density at radius 2 is 2.42 bits per heavy atom. The van der Waals surface area contributed by atoms with Crippen molar-refractivity contribution in [2.45, 2.75) is 0 Å². The Bertz CT molecular complexity index is 323. The van der Waals surface area contributed by atoms with Gasteiger partial charge in [0.1, 0.15) is 0 Å². The number of aromatic nitrogens is 1. The predicted molar refractivity (Wildman–Crippen MR) is 48.6 cm³/mol. The van der Waals surface area contributed by atoms with Crippen molar-refractivity contribution in [3.63, 3.8) is 0 Å². The molecule has 1 N–H and O–H groups in total. The maximum absolute atomic E-state index is 10.2. The number of aliphatic carboxylic acids is 1. The fourth-order valence-corrected chi connectivity index (χ4v) is 1.06. The molecule has 0 aliphatic carbocycles. The van der Waals surface area contributed by atoms with Gasteiger partial charge in [0.25, 0.3) is 0 Å². The highest BCUT2D eigenvalue weighted by Gasteiger charge is 1.94. The van der Waals surface area contributed by atoms with Crippen molar-refractivity contribution in [2.24, 2.45) is 0 Å². The topological polar surface area (TPSA) is 50.2 Å². The van der Waals surface area contributed by atoms with E-state index in [0.29, 0.717) is 0 Å². The minimum atomic E-state index is -0.960. The first-order valence-electron chi connectivity index (χ1n) is 3.20. The maximum atomic E-state index is 10.2. The van der Waals surface area contributed by atoms with Crippen LogP contribution in [0.1, 0.15) is 5.56 Å². The number of carbonyl (C=O) groups is 1. The summed E-state index contributed by atoms with van der Waals surface area (Å²) in [6, 6.07) is 1.73. The van der Waals surface area contributed by atoms with E-state index in [0.717, 1.165) is 16.1 Å². The first-order chi connectivity index (χ1) is 5.70. The standard InChI is InChI=1S/C8H6BrNO2/c9-7-5-10-4-3-6(7)1-2-8(11)12/h1-5H,(H,11,12)/b2-1+. The maximum Gasteiger partial charge on any atom is 0.328 e. The minimum Gasteiger partial charge on any atom is -0.478 e. The van der Waals surface area contributed by atoms with Gasteiger partial charge in [-0.15, -0.1) is 0 Å². The fraction of sp³-hybridized carbons (Fsp3) is 0. The summed E-state index contributed by atoms with van der Waals surface area (Å²) >= 11 is 3.24. The van der Waals surface area contributed by atoms with Crippen molar-refractivity contribution in [3.05, 3.63) is 34.6 Å². The number of halogens is 1. The second kappa shape index (κ2) is 4.01. The molecule has 0 atom stereocenters. The van der Waals surface area contributed by atoms with Gasteiger partial charge < -0.3 is 5.11 Å². The molecule has 0 saturated carbocycles. The van der Waals surface area contributed by atoms with E-state index in [2.05, 4.69) is 20.9 Å². The van der Waals surface area contributed by atoms with Crippen molar-refractivity contribution in [2.75, 3.05) is 0 Å². The van der Waals surface area contributed by atoms with Crippen LogP contribution < -0.4 is 0 Å². The molecule has 0 amide bonds. The molecule has 0 aliphatic heterocycles. The van der Waals surface area contributed by atoms with Crippen LogP contribution in [0.2, 0.25) is 0 Å². The van der Waals surface area contributed by atoms with E-state index in [1.807, 2.05) is 0 Å². The third-order valence-electron chi connectivity index (χ3n) is 1.21. The lowest BCUT2D eigenvalue weighted by atomic mass is 10.2. The van der Waals surface area contributed by atoms with Gasteiger partial charge in [0.15, 0.2) is 0 Å². The number of hydrogen-bond acceptors (Lipinski definition) is 2. The number of carboxylic acid groups (broad SMARTS) is 1. The second-order valence-corrected chi connectivity index (χ2v) is 2.92. The lowest BCUT2D eigenvalue weighted by molar-refractivity contribution is -0.131. The van der Waals surface area contributed by atoms with Gasteiger partial charge in [0.05, 0.1) is 0 Å². The molecular formula is C8H6BrNO2. The van der Waals surface area contributed by atoms with Crippen LogP contribution in [-0.4, -0.2) is 16.1 Å². The van der Waals surface area contributed by atoms with Crippen LogP contribution in [0.25, 0.3) is 6.08 Å². The first kappa shape index (κ1) is 8.93. The van der Waals surface area contributed by atoms with Crippen LogP contribution in [0.5, 0.6) is 0 Å². The Morgan fingerprint density at radius 3 is 3.00 bits per heavy atom. The van der Waals surface area contributed by atoms with Crippen LogP contribution in [0.3, 0.4) is 0 Å². The molecule has 0 unspecified atom stereocenters. The highest BCUT2D eigenvalue weighted by molar-refractivity contribution is 9.10. The third kappa shape index (κ3) is 2.47. The van der Waals surface area contributed by atoms with E-state index < -0.39 is 5.97 Å². The monoisotopic (exact) mass is 227 g/mol. The molecule has 0 spiro atoms. The number of carboxylic acids is 1. The summed E-state index contributed by atoms with van der Waals surface area (Å²) in [5, 5.41) is 8.35. The molecule has 1 rings (SSSR count). The smallest absolute Gasteiger partial charge is 0.328 e. The van der Waals surface area contributed by atoms with Gasteiger partial charge in [-0.05, 0) is 33.6 Å². The van der Waals surface area contributed by atoms with Crippen LogP contribution in [-0.2, 0) is 4.79 Å². The Balaban J connectivity index is 2.89. The SMILES string of the molecule is O=C(O)/C=C/c1ccncc1Br. The summed E-state index contributed by atoms with van der Waals surface area (Å²) in [6.07, 6.45) is 5.81. The van der Waals surface area contributed by atoms with Crippen LogP contribution in [0.4, 0.5) is 0 Å². The van der Waals surface area contributed by atoms with Crippen molar-refractivity contribution < 1.29 is 9.90 Å². The van der Waals surface area contributed by atoms with Crippen molar-refractivity contribution in [1.29, 1.82) is 0 Å². The summed E-state index contributed by atoms with van der Waals surface area (Å²) in [4.78, 5) is 14.0. The molecule has 0 bridgehead atoms. The zero-order chi connectivity index (χ0) is 8.97. The van der Waals surface area contributed by atoms with E-state index in [9.17, 15) is 4.79 Å². The Kier molecular flexibility index (Phi) is 2.99. The molecule has 1 aromatic heterocycles. The molecular weight excluding hydrogens is 222 g/mol. The van der Waals surface area contributed by atoms with Gasteiger partial charge in [0.2, 0.25) is 0 Å². The molecule has 1 aromatic rings. The predicted octanol–water partition coefficient (Wildman–Crippen LogP) is 1.94. The molecule has 62 valence electrons. The summed E-state index contributed by atoms with van der Waals surface area (Å²) in [5.74, 6) is -0.960. The van der Waals surface area contributed by atoms with Crippen molar-refractivity contribution in [1.82, 2.24) is 4.98 Å². The van der Waals surface area contributed by atoms with Gasteiger partial charge in [-0.25, -0.2) is 4.79 Å². The summed E-state index contributed by atoms with van der Waals surface area (Å²) in [6.45, 7) is 0. The highest BCUT2D eigenvalue weighted by Crippen LogP contribution is 2.15. The van der Waals surface area contributed by atoms with Crippen LogP contribution >= 0.6 is 15.9 Å². The van der Waals surface area contributed by atoms with Crippen molar-refractivity contribution in [3.8, 4) is 0 Å². The van der Waals surface area contributed by atoms with E-state index >= 15 is 0 Å². The quantitative estimate of drug-likeness (QED) is 0.787. The van der Waals surface area contributed by atoms with Crippen LogP contribution in [0.15, 0.2) is 29.0 Å². The molecule has 0 radical (unpaired) electrons.